The first-order valence-corrected chi connectivity index (χ1v) is 4.36. The third-order valence-corrected chi connectivity index (χ3v) is 2.63. The summed E-state index contributed by atoms with van der Waals surface area (Å²) >= 11 is 0. The minimum absolute atomic E-state index is 0.376. The van der Waals surface area contributed by atoms with Gasteiger partial charge in [-0.05, 0) is 12.8 Å². The second kappa shape index (κ2) is 2.65. The van der Waals surface area contributed by atoms with Gasteiger partial charge in [-0.1, -0.05) is 0 Å². The lowest BCUT2D eigenvalue weighted by atomic mass is 10.3. The maximum Gasteiger partial charge on any atom is 0.123 e. The zero-order valence-corrected chi connectivity index (χ0v) is 6.91. The first-order chi connectivity index (χ1) is 5.59. The van der Waals surface area contributed by atoms with Crippen molar-refractivity contribution in [1.29, 1.82) is 0 Å². The molecule has 70 valence electrons. The highest BCUT2D eigenvalue weighted by Crippen LogP contribution is 2.40. The number of likely N-dealkylation sites (tertiary alicyclic amines) is 1. The Bertz CT molecular complexity index is 174. The highest BCUT2D eigenvalue weighted by atomic mass is 19.1. The van der Waals surface area contributed by atoms with Crippen molar-refractivity contribution in [3.8, 4) is 0 Å². The standard InChI is InChI=1S/C8H14FNO2/c9-8(1-2-8)5-10-3-6(11)7(12)4-10/h6-7,11-12H,1-5H2. The monoisotopic (exact) mass is 175 g/mol. The molecule has 0 spiro atoms. The summed E-state index contributed by atoms with van der Waals surface area (Å²) in [6.07, 6.45) is -0.106. The molecule has 1 aliphatic heterocycles. The molecule has 1 aliphatic carbocycles. The van der Waals surface area contributed by atoms with Crippen LogP contribution in [0.4, 0.5) is 4.39 Å². The van der Waals surface area contributed by atoms with E-state index in [1.54, 1.807) is 4.90 Å². The van der Waals surface area contributed by atoms with Crippen molar-refractivity contribution in [2.45, 2.75) is 30.7 Å². The van der Waals surface area contributed by atoms with Crippen LogP contribution in [-0.2, 0) is 0 Å². The average Bonchev–Trinajstić information content (AvgIpc) is 2.59. The van der Waals surface area contributed by atoms with Crippen LogP contribution in [-0.4, -0.2) is 52.6 Å². The molecule has 2 atom stereocenters. The minimum atomic E-state index is -1.01. The maximum absolute atomic E-state index is 13.2. The van der Waals surface area contributed by atoms with Crippen molar-refractivity contribution in [2.24, 2.45) is 0 Å². The Morgan fingerprint density at radius 3 is 2.17 bits per heavy atom. The number of halogens is 1. The van der Waals surface area contributed by atoms with Crippen molar-refractivity contribution in [3.63, 3.8) is 0 Å². The van der Waals surface area contributed by atoms with E-state index in [1.165, 1.54) is 0 Å². The SMILES string of the molecule is OC1CN(CC2(F)CC2)CC1O. The van der Waals surface area contributed by atoms with E-state index in [2.05, 4.69) is 0 Å². The fraction of sp³-hybridized carbons (Fsp3) is 1.00. The number of β-amino-alcohol motifs (C(OH)–C–C–N with tert-alkyl or cyclic N) is 2. The van der Waals surface area contributed by atoms with Crippen LogP contribution in [0.1, 0.15) is 12.8 Å². The zero-order valence-electron chi connectivity index (χ0n) is 6.91. The van der Waals surface area contributed by atoms with Gasteiger partial charge in [0.2, 0.25) is 0 Å². The van der Waals surface area contributed by atoms with Gasteiger partial charge in [-0.3, -0.25) is 4.90 Å². The van der Waals surface area contributed by atoms with Gasteiger partial charge in [0.05, 0.1) is 12.2 Å². The highest BCUT2D eigenvalue weighted by Gasteiger charge is 2.46. The van der Waals surface area contributed by atoms with Crippen molar-refractivity contribution in [2.75, 3.05) is 19.6 Å². The lowest BCUT2D eigenvalue weighted by Gasteiger charge is -2.16. The summed E-state index contributed by atoms with van der Waals surface area (Å²) in [6, 6.07) is 0. The molecule has 0 aromatic heterocycles. The fourth-order valence-corrected chi connectivity index (χ4v) is 1.67. The second-order valence-corrected chi connectivity index (χ2v) is 3.98. The van der Waals surface area contributed by atoms with Gasteiger partial charge in [-0.25, -0.2) is 4.39 Å². The third-order valence-electron chi connectivity index (χ3n) is 2.63. The Morgan fingerprint density at radius 1 is 1.25 bits per heavy atom. The second-order valence-electron chi connectivity index (χ2n) is 3.98. The van der Waals surface area contributed by atoms with Crippen LogP contribution < -0.4 is 0 Å². The third kappa shape index (κ3) is 1.60. The van der Waals surface area contributed by atoms with Crippen molar-refractivity contribution >= 4 is 0 Å². The maximum atomic E-state index is 13.2. The minimum Gasteiger partial charge on any atom is -0.389 e. The van der Waals surface area contributed by atoms with Crippen molar-refractivity contribution in [1.82, 2.24) is 4.90 Å². The molecule has 1 saturated heterocycles. The summed E-state index contributed by atoms with van der Waals surface area (Å²) in [5, 5.41) is 18.3. The number of alkyl halides is 1. The van der Waals surface area contributed by atoms with Gasteiger partial charge in [0.1, 0.15) is 5.67 Å². The molecule has 2 rings (SSSR count). The Labute approximate surface area is 70.8 Å². The number of aliphatic hydroxyl groups is 2. The molecule has 0 amide bonds. The zero-order chi connectivity index (χ0) is 8.77. The molecule has 0 aromatic carbocycles. The molecular formula is C8H14FNO2. The van der Waals surface area contributed by atoms with Gasteiger partial charge < -0.3 is 10.2 Å². The van der Waals surface area contributed by atoms with Crippen LogP contribution in [0.15, 0.2) is 0 Å². The quantitative estimate of drug-likeness (QED) is 0.596. The van der Waals surface area contributed by atoms with Gasteiger partial charge in [0.15, 0.2) is 0 Å². The molecule has 2 fully saturated rings. The van der Waals surface area contributed by atoms with Gasteiger partial charge in [-0.15, -0.1) is 0 Å². The molecule has 3 nitrogen and oxygen atoms in total. The molecule has 4 heteroatoms. The normalized spacial score (nSPS) is 40.2. The molecule has 2 N–H and O–H groups in total. The molecule has 2 unspecified atom stereocenters. The van der Waals surface area contributed by atoms with E-state index in [4.69, 9.17) is 0 Å². The predicted molar refractivity (Wildman–Crippen MR) is 41.5 cm³/mol. The van der Waals surface area contributed by atoms with Crippen LogP contribution in [0.3, 0.4) is 0 Å². The van der Waals surface area contributed by atoms with Crippen molar-refractivity contribution < 1.29 is 14.6 Å². The van der Waals surface area contributed by atoms with E-state index in [0.29, 0.717) is 32.5 Å². The van der Waals surface area contributed by atoms with E-state index in [-0.39, 0.29) is 0 Å². The Kier molecular flexibility index (Phi) is 1.86. The van der Waals surface area contributed by atoms with E-state index >= 15 is 0 Å². The summed E-state index contributed by atoms with van der Waals surface area (Å²) in [5.74, 6) is 0. The number of hydrogen-bond acceptors (Lipinski definition) is 3. The van der Waals surface area contributed by atoms with E-state index in [9.17, 15) is 14.6 Å². The van der Waals surface area contributed by atoms with Gasteiger partial charge in [-0.2, -0.15) is 0 Å². The van der Waals surface area contributed by atoms with Gasteiger partial charge in [0, 0.05) is 19.6 Å². The summed E-state index contributed by atoms with van der Waals surface area (Å²) < 4.78 is 13.2. The lowest BCUT2D eigenvalue weighted by molar-refractivity contribution is 0.0572. The fourth-order valence-electron chi connectivity index (χ4n) is 1.67. The summed E-state index contributed by atoms with van der Waals surface area (Å²) in [6.45, 7) is 1.20. The average molecular weight is 175 g/mol. The number of nitrogens with zero attached hydrogens (tertiary/aromatic N) is 1. The molecule has 0 bridgehead atoms. The van der Waals surface area contributed by atoms with E-state index < -0.39 is 17.9 Å². The van der Waals surface area contributed by atoms with Crippen LogP contribution in [0.5, 0.6) is 0 Å². The number of rotatable bonds is 2. The largest absolute Gasteiger partial charge is 0.389 e. The first-order valence-electron chi connectivity index (χ1n) is 4.36. The van der Waals surface area contributed by atoms with Crippen LogP contribution in [0, 0.1) is 0 Å². The van der Waals surface area contributed by atoms with E-state index in [1.807, 2.05) is 0 Å². The smallest absolute Gasteiger partial charge is 0.123 e. The summed E-state index contributed by atoms with van der Waals surface area (Å²) in [7, 11) is 0. The van der Waals surface area contributed by atoms with Crippen LogP contribution in [0.25, 0.3) is 0 Å². The molecule has 1 saturated carbocycles. The Balaban J connectivity index is 1.83. The summed E-state index contributed by atoms with van der Waals surface area (Å²) in [5.41, 5.74) is -1.01. The van der Waals surface area contributed by atoms with Crippen LogP contribution in [0.2, 0.25) is 0 Å². The number of aliphatic hydroxyl groups excluding tert-OH is 2. The van der Waals surface area contributed by atoms with E-state index in [0.717, 1.165) is 0 Å². The molecule has 1 heterocycles. The molecule has 0 aromatic rings. The molecule has 12 heavy (non-hydrogen) atoms. The Morgan fingerprint density at radius 2 is 1.75 bits per heavy atom. The molecule has 0 radical (unpaired) electrons. The molecular weight excluding hydrogens is 161 g/mol. The van der Waals surface area contributed by atoms with Crippen LogP contribution >= 0.6 is 0 Å². The van der Waals surface area contributed by atoms with Gasteiger partial charge in [0.25, 0.3) is 0 Å². The Hall–Kier alpha value is -0.190. The topological polar surface area (TPSA) is 43.7 Å². The predicted octanol–water partition coefficient (Wildman–Crippen LogP) is -0.474. The number of hydrogen-bond donors (Lipinski definition) is 2. The van der Waals surface area contributed by atoms with Crippen molar-refractivity contribution in [3.05, 3.63) is 0 Å². The lowest BCUT2D eigenvalue weighted by Crippen LogP contribution is -2.30. The summed E-state index contributed by atoms with van der Waals surface area (Å²) in [4.78, 5) is 1.79. The first kappa shape index (κ1) is 8.41. The molecule has 2 aliphatic rings. The van der Waals surface area contributed by atoms with Gasteiger partial charge >= 0.3 is 0 Å². The highest BCUT2D eigenvalue weighted by molar-refractivity contribution is 4.99.